The number of aromatic nitrogens is 2. The molecule has 1 aromatic carbocycles. The van der Waals surface area contributed by atoms with Crippen molar-refractivity contribution in [1.82, 2.24) is 9.97 Å². The summed E-state index contributed by atoms with van der Waals surface area (Å²) >= 11 is 0. The highest BCUT2D eigenvalue weighted by Crippen LogP contribution is 2.28. The van der Waals surface area contributed by atoms with E-state index in [4.69, 9.17) is 4.74 Å². The number of piperidine rings is 1. The summed E-state index contributed by atoms with van der Waals surface area (Å²) in [5.74, 6) is 0.486. The van der Waals surface area contributed by atoms with Gasteiger partial charge in [0.1, 0.15) is 18.4 Å². The molecule has 6 heteroatoms. The van der Waals surface area contributed by atoms with Crippen LogP contribution in [0.5, 0.6) is 0 Å². The van der Waals surface area contributed by atoms with Gasteiger partial charge < -0.3 is 9.64 Å². The van der Waals surface area contributed by atoms with E-state index in [2.05, 4.69) is 14.9 Å². The first-order valence-electron chi connectivity index (χ1n) is 7.84. The summed E-state index contributed by atoms with van der Waals surface area (Å²) in [5, 5.41) is 0.835. The van der Waals surface area contributed by atoms with Crippen LogP contribution in [-0.2, 0) is 9.53 Å². The van der Waals surface area contributed by atoms with Crippen LogP contribution in [0.15, 0.2) is 24.5 Å². The van der Waals surface area contributed by atoms with E-state index in [1.165, 1.54) is 6.33 Å². The summed E-state index contributed by atoms with van der Waals surface area (Å²) in [5.41, 5.74) is 1.38. The third-order valence-electron chi connectivity index (χ3n) is 4.12. The Labute approximate surface area is 134 Å². The molecule has 0 bridgehead atoms. The fourth-order valence-electron chi connectivity index (χ4n) is 3.01. The number of anilines is 1. The van der Waals surface area contributed by atoms with Gasteiger partial charge in [-0.05, 0) is 38.0 Å². The topological polar surface area (TPSA) is 72.4 Å². The van der Waals surface area contributed by atoms with Gasteiger partial charge in [0.15, 0.2) is 0 Å². The van der Waals surface area contributed by atoms with Crippen molar-refractivity contribution in [3.05, 3.63) is 30.1 Å². The Morgan fingerprint density at radius 3 is 3.09 bits per heavy atom. The molecule has 1 saturated heterocycles. The van der Waals surface area contributed by atoms with Crippen molar-refractivity contribution in [2.24, 2.45) is 5.92 Å². The van der Waals surface area contributed by atoms with Gasteiger partial charge in [0.2, 0.25) is 0 Å². The number of aldehydes is 1. The Morgan fingerprint density at radius 2 is 2.30 bits per heavy atom. The predicted octanol–water partition coefficient (Wildman–Crippen LogP) is 2.22. The lowest BCUT2D eigenvalue weighted by Gasteiger charge is -2.32. The van der Waals surface area contributed by atoms with Crippen LogP contribution in [-0.4, -0.2) is 41.9 Å². The molecular formula is C17H19N3O3. The maximum absolute atomic E-state index is 12.0. The minimum atomic E-state index is -0.149. The summed E-state index contributed by atoms with van der Waals surface area (Å²) in [6, 6.07) is 5.35. The normalized spacial score (nSPS) is 18.0. The molecular weight excluding hydrogens is 294 g/mol. The Hall–Kier alpha value is -2.50. The molecule has 1 aliphatic rings. The number of ether oxygens (including phenoxy) is 1. The zero-order valence-electron chi connectivity index (χ0n) is 13.1. The smallest absolute Gasteiger partial charge is 0.310 e. The zero-order chi connectivity index (χ0) is 16.2. The van der Waals surface area contributed by atoms with Crippen molar-refractivity contribution in [2.75, 3.05) is 24.6 Å². The highest BCUT2D eigenvalue weighted by molar-refractivity contribution is 5.93. The number of fused-ring (bicyclic) bond motifs is 1. The van der Waals surface area contributed by atoms with Gasteiger partial charge in [-0.25, -0.2) is 9.97 Å². The van der Waals surface area contributed by atoms with Crippen molar-refractivity contribution in [3.63, 3.8) is 0 Å². The summed E-state index contributed by atoms with van der Waals surface area (Å²) in [7, 11) is 0. The van der Waals surface area contributed by atoms with Gasteiger partial charge in [-0.2, -0.15) is 0 Å². The van der Waals surface area contributed by atoms with Gasteiger partial charge in [-0.1, -0.05) is 0 Å². The molecule has 0 unspecified atom stereocenters. The van der Waals surface area contributed by atoms with Gasteiger partial charge in [0, 0.05) is 24.0 Å². The number of carbonyl (C=O) groups excluding carboxylic acids is 2. The summed E-state index contributed by atoms with van der Waals surface area (Å²) in [6.07, 6.45) is 4.07. The van der Waals surface area contributed by atoms with Crippen molar-refractivity contribution < 1.29 is 14.3 Å². The molecule has 23 heavy (non-hydrogen) atoms. The minimum Gasteiger partial charge on any atom is -0.466 e. The predicted molar refractivity (Wildman–Crippen MR) is 86.5 cm³/mol. The first kappa shape index (κ1) is 15.4. The number of esters is 1. The monoisotopic (exact) mass is 313 g/mol. The number of hydrogen-bond donors (Lipinski definition) is 0. The van der Waals surface area contributed by atoms with E-state index in [0.29, 0.717) is 18.7 Å². The van der Waals surface area contributed by atoms with Crippen molar-refractivity contribution in [2.45, 2.75) is 19.8 Å². The van der Waals surface area contributed by atoms with Gasteiger partial charge in [0.05, 0.1) is 18.0 Å². The average molecular weight is 313 g/mol. The lowest BCUT2D eigenvalue weighted by atomic mass is 9.98. The van der Waals surface area contributed by atoms with Crippen molar-refractivity contribution >= 4 is 29.0 Å². The van der Waals surface area contributed by atoms with Gasteiger partial charge in [0.25, 0.3) is 0 Å². The lowest BCUT2D eigenvalue weighted by Crippen LogP contribution is -2.40. The zero-order valence-corrected chi connectivity index (χ0v) is 13.1. The number of carbonyl (C=O) groups is 2. The molecule has 3 rings (SSSR count). The lowest BCUT2D eigenvalue weighted by molar-refractivity contribution is -0.148. The second-order valence-corrected chi connectivity index (χ2v) is 5.63. The third kappa shape index (κ3) is 3.16. The SMILES string of the molecule is CCOC(=O)[C@H]1CCCN(c2ncnc3ccc(C=O)cc23)C1. The quantitative estimate of drug-likeness (QED) is 0.636. The Morgan fingerprint density at radius 1 is 1.43 bits per heavy atom. The molecule has 1 atom stereocenters. The van der Waals surface area contributed by atoms with Gasteiger partial charge >= 0.3 is 5.97 Å². The van der Waals surface area contributed by atoms with Crippen LogP contribution in [0.4, 0.5) is 5.82 Å². The van der Waals surface area contributed by atoms with E-state index in [9.17, 15) is 9.59 Å². The van der Waals surface area contributed by atoms with Crippen LogP contribution in [0.3, 0.4) is 0 Å². The average Bonchev–Trinajstić information content (AvgIpc) is 2.61. The molecule has 6 nitrogen and oxygen atoms in total. The van der Waals surface area contributed by atoms with E-state index in [1.54, 1.807) is 12.1 Å². The van der Waals surface area contributed by atoms with Crippen molar-refractivity contribution in [3.8, 4) is 0 Å². The number of benzene rings is 1. The summed E-state index contributed by atoms with van der Waals surface area (Å²) in [4.78, 5) is 33.8. The minimum absolute atomic E-state index is 0.136. The van der Waals surface area contributed by atoms with E-state index in [1.807, 2.05) is 13.0 Å². The molecule has 0 saturated carbocycles. The Kier molecular flexibility index (Phi) is 4.50. The second-order valence-electron chi connectivity index (χ2n) is 5.63. The molecule has 0 N–H and O–H groups in total. The highest BCUT2D eigenvalue weighted by atomic mass is 16.5. The fraction of sp³-hybridized carbons (Fsp3) is 0.412. The van der Waals surface area contributed by atoms with E-state index < -0.39 is 0 Å². The van der Waals surface area contributed by atoms with E-state index in [0.717, 1.165) is 42.4 Å². The third-order valence-corrected chi connectivity index (χ3v) is 4.12. The maximum atomic E-state index is 12.0. The van der Waals surface area contributed by atoms with Crippen LogP contribution in [0.2, 0.25) is 0 Å². The number of nitrogens with zero attached hydrogens (tertiary/aromatic N) is 3. The largest absolute Gasteiger partial charge is 0.466 e. The van der Waals surface area contributed by atoms with Crippen LogP contribution >= 0.6 is 0 Å². The van der Waals surface area contributed by atoms with Gasteiger partial charge in [-0.3, -0.25) is 9.59 Å². The molecule has 120 valence electrons. The molecule has 2 heterocycles. The van der Waals surface area contributed by atoms with E-state index in [-0.39, 0.29) is 11.9 Å². The molecule has 1 fully saturated rings. The van der Waals surface area contributed by atoms with Crippen LogP contribution < -0.4 is 4.90 Å². The first-order chi connectivity index (χ1) is 11.2. The van der Waals surface area contributed by atoms with Crippen LogP contribution in [0.1, 0.15) is 30.1 Å². The van der Waals surface area contributed by atoms with Gasteiger partial charge in [-0.15, -0.1) is 0 Å². The standard InChI is InChI=1S/C17H19N3O3/c1-2-23-17(22)13-4-3-7-20(9-13)16-14-8-12(10-21)5-6-15(14)18-11-19-16/h5-6,8,10-11,13H,2-4,7,9H2,1H3/t13-/m0/s1. The second kappa shape index (κ2) is 6.73. The molecule has 0 spiro atoms. The highest BCUT2D eigenvalue weighted by Gasteiger charge is 2.28. The van der Waals surface area contributed by atoms with Crippen LogP contribution in [0, 0.1) is 5.92 Å². The maximum Gasteiger partial charge on any atom is 0.310 e. The first-order valence-corrected chi connectivity index (χ1v) is 7.84. The Bertz CT molecular complexity index is 732. The fourth-order valence-corrected chi connectivity index (χ4v) is 3.01. The molecule has 1 aromatic heterocycles. The molecule has 0 radical (unpaired) electrons. The summed E-state index contributed by atoms with van der Waals surface area (Å²) < 4.78 is 5.14. The number of hydrogen-bond acceptors (Lipinski definition) is 6. The van der Waals surface area contributed by atoms with E-state index >= 15 is 0 Å². The Balaban J connectivity index is 1.92. The molecule has 2 aromatic rings. The van der Waals surface area contributed by atoms with Crippen molar-refractivity contribution in [1.29, 1.82) is 0 Å². The van der Waals surface area contributed by atoms with Crippen LogP contribution in [0.25, 0.3) is 10.9 Å². The number of rotatable bonds is 4. The summed E-state index contributed by atoms with van der Waals surface area (Å²) in [6.45, 7) is 3.62. The molecule has 0 amide bonds. The molecule has 1 aliphatic heterocycles. The molecule has 0 aliphatic carbocycles.